The summed E-state index contributed by atoms with van der Waals surface area (Å²) in [5.74, 6) is 0.873. The van der Waals surface area contributed by atoms with Gasteiger partial charge in [-0.1, -0.05) is 13.8 Å². The maximum absolute atomic E-state index is 5.86. The van der Waals surface area contributed by atoms with Crippen LogP contribution in [0, 0.1) is 11.8 Å². The fourth-order valence-corrected chi connectivity index (χ4v) is 2.31. The van der Waals surface area contributed by atoms with Crippen LogP contribution in [0.2, 0.25) is 0 Å². The Bertz CT molecular complexity index is 166. The van der Waals surface area contributed by atoms with E-state index in [1.165, 1.54) is 0 Å². The van der Waals surface area contributed by atoms with Gasteiger partial charge in [0.05, 0.1) is 12.2 Å². The third kappa shape index (κ3) is 2.47. The molecular formula is C11H22O3. The van der Waals surface area contributed by atoms with Crippen molar-refractivity contribution in [3.05, 3.63) is 0 Å². The molecule has 0 N–H and O–H groups in total. The van der Waals surface area contributed by atoms with Gasteiger partial charge in [-0.3, -0.25) is 0 Å². The lowest BCUT2D eigenvalue weighted by atomic mass is 9.91. The lowest BCUT2D eigenvalue weighted by molar-refractivity contribution is -0.153. The number of hydrogen-bond acceptors (Lipinski definition) is 3. The Hall–Kier alpha value is -0.120. The summed E-state index contributed by atoms with van der Waals surface area (Å²) in [5, 5.41) is 0. The fraction of sp³-hybridized carbons (Fsp3) is 1.00. The molecule has 1 saturated heterocycles. The van der Waals surface area contributed by atoms with Crippen molar-refractivity contribution in [3.8, 4) is 0 Å². The summed E-state index contributed by atoms with van der Waals surface area (Å²) in [5.41, 5.74) is 0. The molecule has 0 bridgehead atoms. The molecule has 3 atom stereocenters. The van der Waals surface area contributed by atoms with E-state index in [4.69, 9.17) is 14.2 Å². The zero-order chi connectivity index (χ0) is 10.7. The van der Waals surface area contributed by atoms with Crippen molar-refractivity contribution in [1.29, 1.82) is 0 Å². The maximum atomic E-state index is 5.86. The minimum absolute atomic E-state index is 0.132. The van der Waals surface area contributed by atoms with Gasteiger partial charge in [-0.05, 0) is 19.3 Å². The molecule has 0 radical (unpaired) electrons. The van der Waals surface area contributed by atoms with Crippen molar-refractivity contribution in [2.45, 2.75) is 45.7 Å². The molecule has 1 heterocycles. The van der Waals surface area contributed by atoms with Gasteiger partial charge in [0.1, 0.15) is 0 Å². The van der Waals surface area contributed by atoms with Crippen molar-refractivity contribution >= 4 is 0 Å². The zero-order valence-corrected chi connectivity index (χ0v) is 9.82. The van der Waals surface area contributed by atoms with E-state index in [0.29, 0.717) is 17.9 Å². The second-order valence-electron chi connectivity index (χ2n) is 4.39. The lowest BCUT2D eigenvalue weighted by Gasteiger charge is -2.27. The van der Waals surface area contributed by atoms with E-state index < -0.39 is 0 Å². The number of hydrogen-bond donors (Lipinski definition) is 0. The molecule has 1 rings (SSSR count). The Balaban J connectivity index is 2.64. The van der Waals surface area contributed by atoms with Gasteiger partial charge in [-0.15, -0.1) is 0 Å². The summed E-state index contributed by atoms with van der Waals surface area (Å²) >= 11 is 0. The van der Waals surface area contributed by atoms with Gasteiger partial charge in [-0.2, -0.15) is 0 Å². The molecule has 0 spiro atoms. The van der Waals surface area contributed by atoms with Crippen LogP contribution in [-0.4, -0.2) is 32.7 Å². The van der Waals surface area contributed by atoms with Gasteiger partial charge in [0, 0.05) is 20.1 Å². The van der Waals surface area contributed by atoms with Crippen molar-refractivity contribution < 1.29 is 14.2 Å². The van der Waals surface area contributed by atoms with Gasteiger partial charge in [0.15, 0.2) is 6.29 Å². The molecule has 0 aromatic carbocycles. The molecule has 3 heteroatoms. The predicted octanol–water partition coefficient (Wildman–Crippen LogP) is 2.05. The summed E-state index contributed by atoms with van der Waals surface area (Å²) < 4.78 is 16.5. The minimum Gasteiger partial charge on any atom is -0.375 e. The smallest absolute Gasteiger partial charge is 0.162 e. The molecule has 3 nitrogen and oxygen atoms in total. The summed E-state index contributed by atoms with van der Waals surface area (Å²) in [6, 6.07) is 0. The Labute approximate surface area is 86.7 Å². The van der Waals surface area contributed by atoms with Gasteiger partial charge >= 0.3 is 0 Å². The van der Waals surface area contributed by atoms with E-state index in [-0.39, 0.29) is 12.4 Å². The third-order valence-electron chi connectivity index (χ3n) is 2.89. The number of methoxy groups -OCH3 is 2. The third-order valence-corrected chi connectivity index (χ3v) is 2.89. The molecule has 0 aromatic heterocycles. The van der Waals surface area contributed by atoms with Crippen molar-refractivity contribution in [2.75, 3.05) is 14.2 Å². The summed E-state index contributed by atoms with van der Waals surface area (Å²) in [6.45, 7) is 6.47. The summed E-state index contributed by atoms with van der Waals surface area (Å²) in [7, 11) is 3.38. The molecule has 1 aliphatic heterocycles. The average Bonchev–Trinajstić information content (AvgIpc) is 2.50. The van der Waals surface area contributed by atoms with Crippen LogP contribution in [0.1, 0.15) is 27.2 Å². The van der Waals surface area contributed by atoms with E-state index in [9.17, 15) is 0 Å². The first-order valence-corrected chi connectivity index (χ1v) is 5.31. The largest absolute Gasteiger partial charge is 0.375 e. The van der Waals surface area contributed by atoms with Gasteiger partial charge in [0.25, 0.3) is 0 Å². The fourth-order valence-electron chi connectivity index (χ4n) is 2.31. The van der Waals surface area contributed by atoms with Crippen LogP contribution >= 0.6 is 0 Å². The average molecular weight is 202 g/mol. The second kappa shape index (κ2) is 5.10. The first-order valence-electron chi connectivity index (χ1n) is 5.31. The van der Waals surface area contributed by atoms with Crippen LogP contribution < -0.4 is 0 Å². The highest BCUT2D eigenvalue weighted by molar-refractivity contribution is 4.84. The van der Waals surface area contributed by atoms with Crippen LogP contribution in [0.25, 0.3) is 0 Å². The molecule has 0 amide bonds. The van der Waals surface area contributed by atoms with Crippen LogP contribution in [0.15, 0.2) is 0 Å². The Morgan fingerprint density at radius 3 is 2.21 bits per heavy atom. The Morgan fingerprint density at radius 2 is 1.79 bits per heavy atom. The van der Waals surface area contributed by atoms with Crippen molar-refractivity contribution in [3.63, 3.8) is 0 Å². The molecule has 0 aliphatic carbocycles. The predicted molar refractivity (Wildman–Crippen MR) is 55.1 cm³/mol. The van der Waals surface area contributed by atoms with Gasteiger partial charge < -0.3 is 14.2 Å². The Kier molecular flexibility index (Phi) is 4.35. The molecule has 0 saturated carbocycles. The highest BCUT2D eigenvalue weighted by Crippen LogP contribution is 2.34. The summed E-state index contributed by atoms with van der Waals surface area (Å²) in [4.78, 5) is 0. The monoisotopic (exact) mass is 202 g/mol. The Morgan fingerprint density at radius 1 is 1.21 bits per heavy atom. The molecule has 0 unspecified atom stereocenters. The maximum Gasteiger partial charge on any atom is 0.162 e. The zero-order valence-electron chi connectivity index (χ0n) is 9.82. The standard InChI is InChI=1S/C11H22O3/c1-7(2)10-9(6-8(3)14-10)11(12-4)13-5/h7-11H,6H2,1-5H3/t8-,9+,10-/m0/s1. The van der Waals surface area contributed by atoms with Gasteiger partial charge in [0.2, 0.25) is 0 Å². The first kappa shape index (κ1) is 12.0. The number of rotatable bonds is 4. The molecule has 0 aromatic rings. The molecule has 84 valence electrons. The van der Waals surface area contributed by atoms with E-state index in [2.05, 4.69) is 20.8 Å². The highest BCUT2D eigenvalue weighted by Gasteiger charge is 2.40. The molecule has 1 aliphatic rings. The minimum atomic E-state index is -0.132. The van der Waals surface area contributed by atoms with E-state index >= 15 is 0 Å². The quantitative estimate of drug-likeness (QED) is 0.653. The van der Waals surface area contributed by atoms with Crippen LogP contribution in [0.5, 0.6) is 0 Å². The highest BCUT2D eigenvalue weighted by atomic mass is 16.7. The summed E-state index contributed by atoms with van der Waals surface area (Å²) in [6.07, 6.45) is 1.47. The molecular weight excluding hydrogens is 180 g/mol. The normalized spacial score (nSPS) is 33.2. The first-order chi connectivity index (χ1) is 6.60. The SMILES string of the molecule is COC(OC)[C@@H]1C[C@H](C)O[C@H]1C(C)C. The second-order valence-corrected chi connectivity index (χ2v) is 4.39. The van der Waals surface area contributed by atoms with E-state index in [1.807, 2.05) is 0 Å². The van der Waals surface area contributed by atoms with Crippen molar-refractivity contribution in [1.82, 2.24) is 0 Å². The molecule has 1 fully saturated rings. The number of ether oxygens (including phenoxy) is 3. The topological polar surface area (TPSA) is 27.7 Å². The van der Waals surface area contributed by atoms with Crippen LogP contribution in [0.3, 0.4) is 0 Å². The van der Waals surface area contributed by atoms with Crippen LogP contribution in [0.4, 0.5) is 0 Å². The van der Waals surface area contributed by atoms with Crippen LogP contribution in [-0.2, 0) is 14.2 Å². The molecule has 14 heavy (non-hydrogen) atoms. The van der Waals surface area contributed by atoms with Gasteiger partial charge in [-0.25, -0.2) is 0 Å². The lowest BCUT2D eigenvalue weighted by Crippen LogP contribution is -2.34. The van der Waals surface area contributed by atoms with E-state index in [1.54, 1.807) is 14.2 Å². The van der Waals surface area contributed by atoms with E-state index in [0.717, 1.165) is 6.42 Å². The van der Waals surface area contributed by atoms with Crippen molar-refractivity contribution in [2.24, 2.45) is 11.8 Å².